The molecule has 1 aliphatic rings. The molecule has 82 valence electrons. The van der Waals surface area contributed by atoms with E-state index in [2.05, 4.69) is 4.74 Å². The van der Waals surface area contributed by atoms with Gasteiger partial charge in [0.2, 0.25) is 5.78 Å². The van der Waals surface area contributed by atoms with Gasteiger partial charge in [-0.3, -0.25) is 4.79 Å². The number of hydrogen-bond donors (Lipinski definition) is 0. The lowest BCUT2D eigenvalue weighted by molar-refractivity contribution is -0.270. The molecule has 0 N–H and O–H groups in total. The van der Waals surface area contributed by atoms with Gasteiger partial charge < -0.3 is 4.74 Å². The molecule has 0 spiro atoms. The van der Waals surface area contributed by atoms with E-state index in [1.54, 1.807) is 0 Å². The van der Waals surface area contributed by atoms with Crippen molar-refractivity contribution in [1.29, 1.82) is 0 Å². The second kappa shape index (κ2) is 3.45. The highest BCUT2D eigenvalue weighted by atomic mass is 19.4. The van der Waals surface area contributed by atoms with Crippen LogP contribution in [0.4, 0.5) is 22.0 Å². The Kier molecular flexibility index (Phi) is 2.80. The number of Topliss-reactive ketones (excluding diaryl/α,β-unsaturated/α-hetero) is 1. The summed E-state index contributed by atoms with van der Waals surface area (Å²) in [4.78, 5) is 10.8. The normalized spacial score (nSPS) is 23.9. The van der Waals surface area contributed by atoms with Crippen LogP contribution in [0.15, 0.2) is 0 Å². The van der Waals surface area contributed by atoms with Crippen molar-refractivity contribution < 1.29 is 31.5 Å². The van der Waals surface area contributed by atoms with Crippen LogP contribution in [0.5, 0.6) is 0 Å². The van der Waals surface area contributed by atoms with Crippen LogP contribution in [-0.4, -0.2) is 31.1 Å². The van der Waals surface area contributed by atoms with E-state index in [1.807, 2.05) is 0 Å². The molecule has 1 fully saturated rings. The summed E-state index contributed by atoms with van der Waals surface area (Å²) < 4.78 is 64.6. The Morgan fingerprint density at radius 3 is 2.14 bits per heavy atom. The average molecular weight is 218 g/mol. The Balaban J connectivity index is 2.76. The van der Waals surface area contributed by atoms with E-state index in [0.717, 1.165) is 0 Å². The summed E-state index contributed by atoms with van der Waals surface area (Å²) in [7, 11) is 0. The van der Waals surface area contributed by atoms with Gasteiger partial charge in [0.25, 0.3) is 0 Å². The number of hydrogen-bond acceptors (Lipinski definition) is 2. The smallest absolute Gasteiger partial charge is 0.381 e. The van der Waals surface area contributed by atoms with E-state index in [0.29, 0.717) is 0 Å². The zero-order chi connectivity index (χ0) is 11.0. The van der Waals surface area contributed by atoms with Gasteiger partial charge in [0.15, 0.2) is 0 Å². The van der Waals surface area contributed by atoms with Crippen molar-refractivity contribution in [2.24, 2.45) is 5.92 Å². The SMILES string of the molecule is O=C(C1CCOC1)C(F)(F)C(F)(F)F. The zero-order valence-corrected chi connectivity index (χ0v) is 6.90. The Hall–Kier alpha value is -0.720. The number of ether oxygens (including phenoxy) is 1. The molecular weight excluding hydrogens is 211 g/mol. The number of rotatable bonds is 2. The first-order valence-corrected chi connectivity index (χ1v) is 3.83. The molecule has 0 amide bonds. The van der Waals surface area contributed by atoms with Crippen molar-refractivity contribution >= 4 is 5.78 Å². The Labute approximate surface area is 76.0 Å². The molecule has 1 unspecified atom stereocenters. The second-order valence-corrected chi connectivity index (χ2v) is 3.00. The predicted molar refractivity (Wildman–Crippen MR) is 34.9 cm³/mol. The fourth-order valence-electron chi connectivity index (χ4n) is 1.14. The molecule has 0 bridgehead atoms. The van der Waals surface area contributed by atoms with Crippen LogP contribution in [0.25, 0.3) is 0 Å². The van der Waals surface area contributed by atoms with Gasteiger partial charge in [0, 0.05) is 12.5 Å². The van der Waals surface area contributed by atoms with Crippen LogP contribution < -0.4 is 0 Å². The van der Waals surface area contributed by atoms with Gasteiger partial charge >= 0.3 is 12.1 Å². The largest absolute Gasteiger partial charge is 0.461 e. The van der Waals surface area contributed by atoms with Crippen molar-refractivity contribution in [3.63, 3.8) is 0 Å². The topological polar surface area (TPSA) is 26.3 Å². The number of ketones is 1. The van der Waals surface area contributed by atoms with Crippen LogP contribution in [0, 0.1) is 5.92 Å². The van der Waals surface area contributed by atoms with Gasteiger partial charge in [0.1, 0.15) is 0 Å². The number of carbonyl (C=O) groups is 1. The number of halogens is 5. The van der Waals surface area contributed by atoms with Crippen molar-refractivity contribution in [2.75, 3.05) is 13.2 Å². The van der Waals surface area contributed by atoms with Gasteiger partial charge in [-0.25, -0.2) is 0 Å². The first-order valence-electron chi connectivity index (χ1n) is 3.83. The third-order valence-corrected chi connectivity index (χ3v) is 1.97. The van der Waals surface area contributed by atoms with Crippen molar-refractivity contribution in [3.05, 3.63) is 0 Å². The molecule has 1 aliphatic heterocycles. The standard InChI is InChI=1S/C7H7F5O2/c8-6(9,7(10,11)12)5(13)4-1-2-14-3-4/h4H,1-3H2. The van der Waals surface area contributed by atoms with Crippen LogP contribution in [0.3, 0.4) is 0 Å². The molecule has 0 aromatic rings. The average Bonchev–Trinajstić information content (AvgIpc) is 2.52. The fourth-order valence-corrected chi connectivity index (χ4v) is 1.14. The van der Waals surface area contributed by atoms with Crippen molar-refractivity contribution in [2.45, 2.75) is 18.5 Å². The van der Waals surface area contributed by atoms with Gasteiger partial charge in [-0.2, -0.15) is 22.0 Å². The fraction of sp³-hybridized carbons (Fsp3) is 0.857. The van der Waals surface area contributed by atoms with E-state index in [-0.39, 0.29) is 19.6 Å². The highest BCUT2D eigenvalue weighted by molar-refractivity contribution is 5.88. The summed E-state index contributed by atoms with van der Waals surface area (Å²) in [6.45, 7) is -0.311. The molecule has 1 saturated heterocycles. The zero-order valence-electron chi connectivity index (χ0n) is 6.90. The Bertz CT molecular complexity index is 229. The van der Waals surface area contributed by atoms with Gasteiger partial charge in [-0.15, -0.1) is 0 Å². The quantitative estimate of drug-likeness (QED) is 0.660. The molecule has 0 aliphatic carbocycles. The molecule has 7 heteroatoms. The van der Waals surface area contributed by atoms with E-state index < -0.39 is 23.8 Å². The summed E-state index contributed by atoms with van der Waals surface area (Å²) in [5.41, 5.74) is 0. The summed E-state index contributed by atoms with van der Waals surface area (Å²) in [5, 5.41) is 0. The Morgan fingerprint density at radius 2 is 1.79 bits per heavy atom. The second-order valence-electron chi connectivity index (χ2n) is 3.00. The lowest BCUT2D eigenvalue weighted by Gasteiger charge is -2.20. The first kappa shape index (κ1) is 11.4. The maximum atomic E-state index is 12.4. The maximum absolute atomic E-state index is 12.4. The first-order chi connectivity index (χ1) is 6.27. The minimum Gasteiger partial charge on any atom is -0.381 e. The van der Waals surface area contributed by atoms with Crippen LogP contribution in [0.2, 0.25) is 0 Å². The monoisotopic (exact) mass is 218 g/mol. The van der Waals surface area contributed by atoms with Gasteiger partial charge in [-0.1, -0.05) is 0 Å². The van der Waals surface area contributed by atoms with Gasteiger partial charge in [0.05, 0.1) is 6.61 Å². The molecule has 1 heterocycles. The molecule has 2 nitrogen and oxygen atoms in total. The molecule has 1 atom stereocenters. The minimum atomic E-state index is -5.81. The van der Waals surface area contributed by atoms with Crippen LogP contribution in [-0.2, 0) is 9.53 Å². The van der Waals surface area contributed by atoms with Crippen molar-refractivity contribution in [1.82, 2.24) is 0 Å². The van der Waals surface area contributed by atoms with Gasteiger partial charge in [-0.05, 0) is 6.42 Å². The van der Waals surface area contributed by atoms with E-state index in [4.69, 9.17) is 0 Å². The molecule has 0 aromatic heterocycles. The number of alkyl halides is 5. The predicted octanol–water partition coefficient (Wildman–Crippen LogP) is 1.79. The molecule has 0 radical (unpaired) electrons. The van der Waals surface area contributed by atoms with Crippen molar-refractivity contribution in [3.8, 4) is 0 Å². The Morgan fingerprint density at radius 1 is 1.21 bits per heavy atom. The molecule has 0 saturated carbocycles. The third kappa shape index (κ3) is 1.87. The third-order valence-electron chi connectivity index (χ3n) is 1.97. The van der Waals surface area contributed by atoms with E-state index >= 15 is 0 Å². The van der Waals surface area contributed by atoms with E-state index in [9.17, 15) is 26.7 Å². The lowest BCUT2D eigenvalue weighted by atomic mass is 9.98. The summed E-state index contributed by atoms with van der Waals surface area (Å²) in [6.07, 6.45) is -5.89. The van der Waals surface area contributed by atoms with E-state index in [1.165, 1.54) is 0 Å². The molecule has 0 aromatic carbocycles. The number of carbonyl (C=O) groups excluding carboxylic acids is 1. The summed E-state index contributed by atoms with van der Waals surface area (Å²) in [5.74, 6) is -8.69. The van der Waals surface area contributed by atoms with Crippen LogP contribution >= 0.6 is 0 Å². The minimum absolute atomic E-state index is 0.0460. The molecule has 1 rings (SSSR count). The summed E-state index contributed by atoms with van der Waals surface area (Å²) in [6, 6.07) is 0. The molecule has 14 heavy (non-hydrogen) atoms. The highest BCUT2D eigenvalue weighted by Gasteiger charge is 2.64. The lowest BCUT2D eigenvalue weighted by Crippen LogP contribution is -2.47. The highest BCUT2D eigenvalue weighted by Crippen LogP contribution is 2.39. The molecular formula is C7H7F5O2. The maximum Gasteiger partial charge on any atom is 0.461 e. The van der Waals surface area contributed by atoms with Crippen LogP contribution in [0.1, 0.15) is 6.42 Å². The summed E-state index contributed by atoms with van der Waals surface area (Å²) >= 11 is 0.